The van der Waals surface area contributed by atoms with Gasteiger partial charge in [-0.2, -0.15) is 0 Å². The van der Waals surface area contributed by atoms with Crippen LogP contribution >= 0.6 is 19.6 Å². The summed E-state index contributed by atoms with van der Waals surface area (Å²) in [6, 6.07) is 0. The Labute approximate surface area is 154 Å². The van der Waals surface area contributed by atoms with E-state index in [1.807, 2.05) is 0 Å². The maximum atomic E-state index is 10.8. The average molecular weight is 402 g/mol. The van der Waals surface area contributed by atoms with E-state index in [1.54, 1.807) is 4.57 Å². The van der Waals surface area contributed by atoms with Gasteiger partial charge in [-0.05, 0) is 0 Å². The predicted octanol–water partition coefficient (Wildman–Crippen LogP) is -1.83. The number of thioether (sulfide) groups is 1. The van der Waals surface area contributed by atoms with Crippen molar-refractivity contribution in [2.45, 2.75) is 29.7 Å². The van der Waals surface area contributed by atoms with E-state index in [1.165, 1.54) is 25.7 Å². The first-order chi connectivity index (χ1) is 12.4. The summed E-state index contributed by atoms with van der Waals surface area (Å²) >= 11 is 1.40. The molecule has 2 saturated heterocycles. The fourth-order valence-corrected chi connectivity index (χ4v) is 5.25. The third-order valence-electron chi connectivity index (χ3n) is 4.26. The number of nitrogen functional groups attached to an aromatic ring is 1. The normalized spacial score (nSPS) is 31.8. The zero-order chi connectivity index (χ0) is 18.5. The molecule has 6 N–H and O–H groups in total. The van der Waals surface area contributed by atoms with E-state index >= 15 is 0 Å². The van der Waals surface area contributed by atoms with Crippen LogP contribution in [-0.4, -0.2) is 74.3 Å². The number of rotatable bonds is 4. The summed E-state index contributed by atoms with van der Waals surface area (Å²) in [5.74, 6) is 0.858. The van der Waals surface area contributed by atoms with Gasteiger partial charge in [-0.1, -0.05) is 0 Å². The first-order valence-corrected chi connectivity index (χ1v) is 11.3. The van der Waals surface area contributed by atoms with Gasteiger partial charge in [0.1, 0.15) is 0 Å². The molecular weight excluding hydrogens is 382 g/mol. The van der Waals surface area contributed by atoms with Gasteiger partial charge in [-0.25, -0.2) is 0 Å². The van der Waals surface area contributed by atoms with Crippen LogP contribution in [0.5, 0.6) is 0 Å². The van der Waals surface area contributed by atoms with Crippen LogP contribution in [0.3, 0.4) is 0 Å². The number of nitrogens with zero attached hydrogens (tertiary/aromatic N) is 4. The van der Waals surface area contributed by atoms with E-state index in [4.69, 9.17) is 25.3 Å². The van der Waals surface area contributed by atoms with Gasteiger partial charge >= 0.3 is 154 Å². The Hall–Kier alpha value is -1.05. The van der Waals surface area contributed by atoms with E-state index in [0.29, 0.717) is 28.6 Å². The zero-order valence-corrected chi connectivity index (χ0v) is 15.8. The minimum atomic E-state index is -3.26. The molecule has 0 bridgehead atoms. The Morgan fingerprint density at radius 1 is 1.46 bits per heavy atom. The molecule has 0 aromatic carbocycles. The van der Waals surface area contributed by atoms with Crippen LogP contribution in [-0.2, 0) is 13.8 Å². The van der Waals surface area contributed by atoms with E-state index < -0.39 is 32.4 Å². The molecule has 14 heteroatoms. The van der Waals surface area contributed by atoms with Gasteiger partial charge in [-0.3, -0.25) is 0 Å². The number of anilines is 1. The topological polar surface area (TPSA) is 164 Å². The fraction of sp³-hybridized carbons (Fsp3) is 0.583. The van der Waals surface area contributed by atoms with E-state index in [0.717, 1.165) is 0 Å². The summed E-state index contributed by atoms with van der Waals surface area (Å²) in [4.78, 5) is 22.8. The third-order valence-corrected chi connectivity index (χ3v) is 6.65. The molecule has 0 spiro atoms. The summed E-state index contributed by atoms with van der Waals surface area (Å²) < 4.78 is 18.6. The Kier molecular flexibility index (Phi) is 4.82. The van der Waals surface area contributed by atoms with Crippen LogP contribution < -0.4 is 11.5 Å². The number of aliphatic hydroxyl groups is 1. The second-order valence-electron chi connectivity index (χ2n) is 6.18. The Balaban J connectivity index is 1.75. The van der Waals surface area contributed by atoms with Gasteiger partial charge in [-0.15, -0.1) is 0 Å². The van der Waals surface area contributed by atoms with Crippen LogP contribution in [0.2, 0.25) is 0 Å². The average Bonchev–Trinajstić information content (AvgIpc) is 3.11. The van der Waals surface area contributed by atoms with Gasteiger partial charge in [0, 0.05) is 0 Å². The van der Waals surface area contributed by atoms with Gasteiger partial charge in [0.05, 0.1) is 0 Å². The first kappa shape index (κ1) is 18.3. The predicted molar refractivity (Wildman–Crippen MR) is 99.3 cm³/mol. The molecule has 2 aliphatic heterocycles. The van der Waals surface area contributed by atoms with E-state index in [9.17, 15) is 10.00 Å². The van der Waals surface area contributed by atoms with Crippen molar-refractivity contribution in [3.63, 3.8) is 0 Å². The van der Waals surface area contributed by atoms with Crippen LogP contribution in [0, 0.1) is 0 Å². The number of hydrogen-bond donors (Lipinski definition) is 4. The van der Waals surface area contributed by atoms with Gasteiger partial charge in [0.15, 0.2) is 0 Å². The summed E-state index contributed by atoms with van der Waals surface area (Å²) in [6.07, 6.45) is -1.71. The molecule has 4 heterocycles. The Bertz CT molecular complexity index is 827. The second-order valence-corrected chi connectivity index (χ2v) is 9.56. The number of hydrogen-bond acceptors (Lipinski definition) is 11. The van der Waals surface area contributed by atoms with Crippen molar-refractivity contribution in [1.82, 2.24) is 19.5 Å². The molecule has 0 amide bonds. The standard InChI is InChI=1S/C12H20BN6O5PS/c13-25(21)22-3-5-8(24-25)7(20)11(23-5)19-10-6(9(15)16-4-17-10)18-12(19)26-2-1-14/h4-5,7-8,11,20-21,25H,1-3,13-14H2,(H2,15,16,17)/t5-,7?,8-,11-/m1/s1. The van der Waals surface area contributed by atoms with E-state index in [2.05, 4.69) is 15.0 Å². The number of ether oxygens (including phenoxy) is 1. The molecule has 0 aliphatic carbocycles. The molecule has 4 rings (SSSR count). The quantitative estimate of drug-likeness (QED) is 0.258. The molecule has 142 valence electrons. The monoisotopic (exact) mass is 402 g/mol. The first-order valence-electron chi connectivity index (χ1n) is 8.10. The Morgan fingerprint density at radius 2 is 2.27 bits per heavy atom. The van der Waals surface area contributed by atoms with Crippen molar-refractivity contribution in [3.8, 4) is 0 Å². The molecule has 0 radical (unpaired) electrons. The summed E-state index contributed by atoms with van der Waals surface area (Å²) in [6.45, 7) is 0.603. The molecule has 1 unspecified atom stereocenters. The number of aliphatic hydroxyl groups excluding tert-OH is 1. The van der Waals surface area contributed by atoms with Crippen LogP contribution in [0.4, 0.5) is 5.82 Å². The number of fused-ring (bicyclic) bond motifs is 2. The van der Waals surface area contributed by atoms with Crippen molar-refractivity contribution in [2.75, 3.05) is 24.6 Å². The van der Waals surface area contributed by atoms with Crippen molar-refractivity contribution in [1.29, 1.82) is 0 Å². The van der Waals surface area contributed by atoms with Crippen LogP contribution in [0.1, 0.15) is 6.23 Å². The fourth-order valence-electron chi connectivity index (χ4n) is 3.12. The number of imidazole rings is 1. The molecule has 2 aliphatic rings. The molecule has 4 atom stereocenters. The maximum absolute atomic E-state index is 10.8. The molecule has 11 nitrogen and oxygen atoms in total. The molecule has 2 fully saturated rings. The second kappa shape index (κ2) is 6.84. The summed E-state index contributed by atoms with van der Waals surface area (Å²) in [7, 11) is -1.76. The molecule has 2 aromatic heterocycles. The molecule has 26 heavy (non-hydrogen) atoms. The van der Waals surface area contributed by atoms with Gasteiger partial charge in [0.2, 0.25) is 0 Å². The molecular formula is C12H20BN6O5PS. The van der Waals surface area contributed by atoms with Crippen molar-refractivity contribution in [2.24, 2.45) is 5.73 Å². The summed E-state index contributed by atoms with van der Waals surface area (Å²) in [5, 5.41) is 11.4. The van der Waals surface area contributed by atoms with Gasteiger partial charge in [0.25, 0.3) is 0 Å². The SMILES string of the molecule is B[PH]1(O)OC[C@H]2O[C@@H](n3c(SCCN)nc4c(N)ncnc43)C(O)[C@@H]2O1. The van der Waals surface area contributed by atoms with Gasteiger partial charge < -0.3 is 0 Å². The molecule has 0 saturated carbocycles. The van der Waals surface area contributed by atoms with Crippen LogP contribution in [0.25, 0.3) is 11.2 Å². The summed E-state index contributed by atoms with van der Waals surface area (Å²) in [5.41, 5.74) is 12.4. The van der Waals surface area contributed by atoms with Crippen molar-refractivity contribution < 1.29 is 23.8 Å². The van der Waals surface area contributed by atoms with Crippen molar-refractivity contribution >= 4 is 44.1 Å². The zero-order valence-electron chi connectivity index (χ0n) is 14.0. The number of aromatic nitrogens is 4. The third kappa shape index (κ3) is 3.08. The number of nitrogens with two attached hydrogens (primary N) is 2. The van der Waals surface area contributed by atoms with E-state index in [-0.39, 0.29) is 12.4 Å². The Morgan fingerprint density at radius 3 is 3.04 bits per heavy atom. The molecule has 2 aromatic rings. The van der Waals surface area contributed by atoms with Crippen LogP contribution in [0.15, 0.2) is 11.5 Å². The minimum absolute atomic E-state index is 0.145. The van der Waals surface area contributed by atoms with Crippen molar-refractivity contribution in [3.05, 3.63) is 6.33 Å².